The van der Waals surface area contributed by atoms with Gasteiger partial charge in [-0.05, 0) is 30.4 Å². The minimum absolute atomic E-state index is 0.0575. The molecule has 1 aliphatic carbocycles. The van der Waals surface area contributed by atoms with Crippen LogP contribution in [0.3, 0.4) is 0 Å². The fourth-order valence-corrected chi connectivity index (χ4v) is 3.25. The maximum atomic E-state index is 12.2. The molecule has 1 aliphatic rings. The van der Waals surface area contributed by atoms with Crippen LogP contribution < -0.4 is 5.32 Å². The minimum atomic E-state index is 0.0575. The smallest absolute Gasteiger partial charge is 0.227 e. The molecule has 128 valence electrons. The van der Waals surface area contributed by atoms with Crippen molar-refractivity contribution >= 4 is 5.91 Å². The molecule has 0 aromatic carbocycles. The van der Waals surface area contributed by atoms with E-state index >= 15 is 0 Å². The molecule has 2 aromatic rings. The number of amides is 1. The number of carbonyl (C=O) groups is 1. The number of rotatable bonds is 5. The second kappa shape index (κ2) is 7.55. The molecule has 0 unspecified atom stereocenters. The Kier molecular flexibility index (Phi) is 5.23. The van der Waals surface area contributed by atoms with E-state index < -0.39 is 0 Å². The molecule has 2 aromatic heterocycles. The van der Waals surface area contributed by atoms with Crippen molar-refractivity contribution in [3.05, 3.63) is 30.4 Å². The molecule has 2 heterocycles. The van der Waals surface area contributed by atoms with Crippen LogP contribution in [0.5, 0.6) is 0 Å². The lowest BCUT2D eigenvalue weighted by Crippen LogP contribution is -2.43. The molecule has 1 fully saturated rings. The van der Waals surface area contributed by atoms with Gasteiger partial charge in [-0.25, -0.2) is 0 Å². The predicted octanol–water partition coefficient (Wildman–Crippen LogP) is 3.01. The molecule has 6 heteroatoms. The van der Waals surface area contributed by atoms with E-state index in [1.165, 1.54) is 12.8 Å². The minimum Gasteiger partial charge on any atom is -0.353 e. The van der Waals surface area contributed by atoms with Crippen LogP contribution in [0.25, 0.3) is 11.4 Å². The van der Waals surface area contributed by atoms with Gasteiger partial charge in [0, 0.05) is 36.8 Å². The number of aromatic nitrogens is 3. The van der Waals surface area contributed by atoms with Gasteiger partial charge < -0.3 is 9.84 Å². The molecule has 1 saturated carbocycles. The summed E-state index contributed by atoms with van der Waals surface area (Å²) < 4.78 is 5.23. The first kappa shape index (κ1) is 16.6. The van der Waals surface area contributed by atoms with Gasteiger partial charge in [-0.15, -0.1) is 0 Å². The van der Waals surface area contributed by atoms with E-state index in [0.29, 0.717) is 36.4 Å². The van der Waals surface area contributed by atoms with Gasteiger partial charge in [0.05, 0.1) is 0 Å². The molecule has 0 saturated heterocycles. The van der Waals surface area contributed by atoms with Gasteiger partial charge in [-0.3, -0.25) is 9.78 Å². The van der Waals surface area contributed by atoms with E-state index in [1.54, 1.807) is 12.4 Å². The third kappa shape index (κ3) is 3.99. The SMILES string of the molecule is C[C@@H]1[C@H](C)CCC[C@@H]1NC(=O)CCc1nc(-c2cccnc2)no1. The Balaban J connectivity index is 1.51. The topological polar surface area (TPSA) is 80.9 Å². The summed E-state index contributed by atoms with van der Waals surface area (Å²) in [4.78, 5) is 20.6. The van der Waals surface area contributed by atoms with Crippen molar-refractivity contribution in [1.82, 2.24) is 20.4 Å². The summed E-state index contributed by atoms with van der Waals surface area (Å²) in [7, 11) is 0. The molecule has 0 aliphatic heterocycles. The summed E-state index contributed by atoms with van der Waals surface area (Å²) in [5, 5.41) is 7.11. The summed E-state index contributed by atoms with van der Waals surface area (Å²) in [6.45, 7) is 4.49. The van der Waals surface area contributed by atoms with Gasteiger partial charge in [0.15, 0.2) is 0 Å². The molecule has 24 heavy (non-hydrogen) atoms. The zero-order valence-electron chi connectivity index (χ0n) is 14.2. The Morgan fingerprint density at radius 2 is 2.25 bits per heavy atom. The second-order valence-corrected chi connectivity index (χ2v) is 6.69. The molecular weight excluding hydrogens is 304 g/mol. The van der Waals surface area contributed by atoms with Crippen molar-refractivity contribution in [2.75, 3.05) is 0 Å². The van der Waals surface area contributed by atoms with Crippen LogP contribution in [-0.4, -0.2) is 27.1 Å². The van der Waals surface area contributed by atoms with Crippen LogP contribution in [0.4, 0.5) is 0 Å². The lowest BCUT2D eigenvalue weighted by molar-refractivity contribution is -0.122. The van der Waals surface area contributed by atoms with E-state index in [1.807, 2.05) is 12.1 Å². The average Bonchev–Trinajstić information content (AvgIpc) is 3.07. The molecule has 3 rings (SSSR count). The lowest BCUT2D eigenvalue weighted by atomic mass is 9.78. The Hall–Kier alpha value is -2.24. The predicted molar refractivity (Wildman–Crippen MR) is 90.0 cm³/mol. The summed E-state index contributed by atoms with van der Waals surface area (Å²) >= 11 is 0. The van der Waals surface area contributed by atoms with Crippen LogP contribution in [0, 0.1) is 11.8 Å². The third-order valence-corrected chi connectivity index (χ3v) is 5.01. The van der Waals surface area contributed by atoms with E-state index in [0.717, 1.165) is 12.0 Å². The van der Waals surface area contributed by atoms with Gasteiger partial charge >= 0.3 is 0 Å². The van der Waals surface area contributed by atoms with Gasteiger partial charge in [-0.1, -0.05) is 31.8 Å². The van der Waals surface area contributed by atoms with Crippen molar-refractivity contribution in [3.63, 3.8) is 0 Å². The Morgan fingerprint density at radius 1 is 1.38 bits per heavy atom. The average molecular weight is 328 g/mol. The number of nitrogens with one attached hydrogen (secondary N) is 1. The second-order valence-electron chi connectivity index (χ2n) is 6.69. The molecule has 3 atom stereocenters. The zero-order valence-corrected chi connectivity index (χ0v) is 14.2. The van der Waals surface area contributed by atoms with Gasteiger partial charge in [0.2, 0.25) is 17.6 Å². The summed E-state index contributed by atoms with van der Waals surface area (Å²) in [5.74, 6) is 2.25. The highest BCUT2D eigenvalue weighted by Crippen LogP contribution is 2.29. The van der Waals surface area contributed by atoms with Crippen LogP contribution in [0.2, 0.25) is 0 Å². The van der Waals surface area contributed by atoms with E-state index in [9.17, 15) is 4.79 Å². The van der Waals surface area contributed by atoms with E-state index in [-0.39, 0.29) is 11.9 Å². The van der Waals surface area contributed by atoms with Crippen molar-refractivity contribution in [1.29, 1.82) is 0 Å². The number of aryl methyl sites for hydroxylation is 1. The highest BCUT2D eigenvalue weighted by Gasteiger charge is 2.28. The Morgan fingerprint density at radius 3 is 3.04 bits per heavy atom. The van der Waals surface area contributed by atoms with Crippen molar-refractivity contribution in [2.24, 2.45) is 11.8 Å². The maximum Gasteiger partial charge on any atom is 0.227 e. The van der Waals surface area contributed by atoms with E-state index in [2.05, 4.69) is 34.3 Å². The molecule has 6 nitrogen and oxygen atoms in total. The molecule has 0 spiro atoms. The van der Waals surface area contributed by atoms with Gasteiger partial charge in [0.25, 0.3) is 0 Å². The van der Waals surface area contributed by atoms with Gasteiger partial charge in [0.1, 0.15) is 0 Å². The first-order valence-electron chi connectivity index (χ1n) is 8.66. The van der Waals surface area contributed by atoms with Crippen molar-refractivity contribution in [2.45, 2.75) is 52.0 Å². The van der Waals surface area contributed by atoms with Crippen molar-refractivity contribution < 1.29 is 9.32 Å². The monoisotopic (exact) mass is 328 g/mol. The molecular formula is C18H24N4O2. The fourth-order valence-electron chi connectivity index (χ4n) is 3.25. The van der Waals surface area contributed by atoms with Crippen LogP contribution >= 0.6 is 0 Å². The highest BCUT2D eigenvalue weighted by molar-refractivity contribution is 5.76. The zero-order chi connectivity index (χ0) is 16.9. The lowest BCUT2D eigenvalue weighted by Gasteiger charge is -2.34. The molecule has 0 radical (unpaired) electrons. The van der Waals surface area contributed by atoms with Crippen molar-refractivity contribution in [3.8, 4) is 11.4 Å². The Bertz CT molecular complexity index is 671. The standard InChI is InChI=1S/C18H24N4O2/c1-12-5-3-7-15(13(12)2)20-16(23)8-9-17-21-18(22-24-17)14-6-4-10-19-11-14/h4,6,10-13,15H,3,5,7-9H2,1-2H3,(H,20,23)/t12-,13-,15+/m1/s1. The quantitative estimate of drug-likeness (QED) is 0.912. The normalized spacial score (nSPS) is 23.8. The Labute approximate surface area is 142 Å². The van der Waals surface area contributed by atoms with Crippen LogP contribution in [-0.2, 0) is 11.2 Å². The van der Waals surface area contributed by atoms with E-state index in [4.69, 9.17) is 4.52 Å². The van der Waals surface area contributed by atoms with Gasteiger partial charge in [-0.2, -0.15) is 4.98 Å². The maximum absolute atomic E-state index is 12.2. The largest absolute Gasteiger partial charge is 0.353 e. The third-order valence-electron chi connectivity index (χ3n) is 5.01. The van der Waals surface area contributed by atoms with Crippen LogP contribution in [0.15, 0.2) is 29.0 Å². The summed E-state index contributed by atoms with van der Waals surface area (Å²) in [6.07, 6.45) is 7.72. The number of hydrogen-bond donors (Lipinski definition) is 1. The number of pyridine rings is 1. The first-order chi connectivity index (χ1) is 11.6. The number of nitrogens with zero attached hydrogens (tertiary/aromatic N) is 3. The van der Waals surface area contributed by atoms with Crippen LogP contribution in [0.1, 0.15) is 45.4 Å². The summed E-state index contributed by atoms with van der Waals surface area (Å²) in [6, 6.07) is 3.99. The number of hydrogen-bond acceptors (Lipinski definition) is 5. The fraction of sp³-hybridized carbons (Fsp3) is 0.556. The molecule has 1 N–H and O–H groups in total. The molecule has 0 bridgehead atoms. The highest BCUT2D eigenvalue weighted by atomic mass is 16.5. The first-order valence-corrected chi connectivity index (χ1v) is 8.66. The number of carbonyl (C=O) groups excluding carboxylic acids is 1. The molecule has 1 amide bonds. The summed E-state index contributed by atoms with van der Waals surface area (Å²) in [5.41, 5.74) is 0.807.